The Balaban J connectivity index is 2.14. The van der Waals surface area contributed by atoms with E-state index in [-0.39, 0.29) is 6.61 Å². The molecule has 0 saturated carbocycles. The molecule has 0 fully saturated rings. The van der Waals surface area contributed by atoms with Crippen LogP contribution in [0.4, 0.5) is 0 Å². The van der Waals surface area contributed by atoms with Crippen molar-refractivity contribution in [2.24, 2.45) is 0 Å². The Morgan fingerprint density at radius 3 is 2.04 bits per heavy atom. The highest BCUT2D eigenvalue weighted by molar-refractivity contribution is 6.01. The van der Waals surface area contributed by atoms with E-state index in [9.17, 15) is 9.90 Å². The van der Waals surface area contributed by atoms with Crippen molar-refractivity contribution in [3.8, 4) is 11.1 Å². The maximum absolute atomic E-state index is 13.4. The molecular formula is C22H26O2. The number of rotatable bonds is 8. The minimum absolute atomic E-state index is 0.183. The van der Waals surface area contributed by atoms with Crippen LogP contribution in [0, 0.1) is 0 Å². The zero-order chi connectivity index (χ0) is 17.0. The number of ketones is 1. The van der Waals surface area contributed by atoms with Gasteiger partial charge in [-0.25, -0.2) is 0 Å². The summed E-state index contributed by atoms with van der Waals surface area (Å²) in [7, 11) is 0. The van der Waals surface area contributed by atoms with Crippen LogP contribution in [-0.2, 0) is 10.2 Å². The highest BCUT2D eigenvalue weighted by Gasteiger charge is 2.47. The normalized spacial score (nSPS) is 14.2. The van der Waals surface area contributed by atoms with Gasteiger partial charge in [0, 0.05) is 13.0 Å². The number of aliphatic hydroxyl groups excluding tert-OH is 1. The number of carbonyl (C=O) groups excluding carboxylic acids is 1. The first kappa shape index (κ1) is 16.9. The summed E-state index contributed by atoms with van der Waals surface area (Å²) in [6, 6.07) is 16.7. The molecule has 3 rings (SSSR count). The number of aliphatic hydroxyl groups is 1. The van der Waals surface area contributed by atoms with Gasteiger partial charge in [-0.1, -0.05) is 61.9 Å². The van der Waals surface area contributed by atoms with Gasteiger partial charge < -0.3 is 5.11 Å². The van der Waals surface area contributed by atoms with Crippen molar-refractivity contribution in [2.75, 3.05) is 6.61 Å². The van der Waals surface area contributed by atoms with E-state index in [0.29, 0.717) is 12.2 Å². The van der Waals surface area contributed by atoms with Gasteiger partial charge in [-0.3, -0.25) is 4.79 Å². The minimum Gasteiger partial charge on any atom is -0.396 e. The molecule has 2 nitrogen and oxygen atoms in total. The third-order valence-electron chi connectivity index (χ3n) is 5.26. The van der Waals surface area contributed by atoms with Crippen molar-refractivity contribution in [2.45, 2.75) is 50.9 Å². The lowest BCUT2D eigenvalue weighted by molar-refractivity contribution is -0.123. The van der Waals surface area contributed by atoms with E-state index in [1.165, 1.54) is 11.1 Å². The molecule has 1 N–H and O–H groups in total. The second-order valence-electron chi connectivity index (χ2n) is 6.70. The molecule has 0 unspecified atom stereocenters. The first-order valence-corrected chi connectivity index (χ1v) is 9.09. The lowest BCUT2D eigenvalue weighted by atomic mass is 9.70. The number of carbonyl (C=O) groups is 1. The highest BCUT2D eigenvalue weighted by Crippen LogP contribution is 2.52. The molecule has 0 radical (unpaired) electrons. The van der Waals surface area contributed by atoms with Gasteiger partial charge in [-0.15, -0.1) is 0 Å². The maximum atomic E-state index is 13.4. The average molecular weight is 322 g/mol. The molecule has 1 aliphatic carbocycles. The number of benzene rings is 2. The predicted molar refractivity (Wildman–Crippen MR) is 98.1 cm³/mol. The molecule has 0 amide bonds. The van der Waals surface area contributed by atoms with Crippen LogP contribution >= 0.6 is 0 Å². The summed E-state index contributed by atoms with van der Waals surface area (Å²) >= 11 is 0. The predicted octanol–water partition coefficient (Wildman–Crippen LogP) is 4.88. The summed E-state index contributed by atoms with van der Waals surface area (Å²) in [6.45, 7) is 2.31. The summed E-state index contributed by atoms with van der Waals surface area (Å²) in [5.41, 5.74) is 4.18. The summed E-state index contributed by atoms with van der Waals surface area (Å²) in [5, 5.41) is 9.21. The largest absolute Gasteiger partial charge is 0.396 e. The molecular weight excluding hydrogens is 296 g/mol. The van der Waals surface area contributed by atoms with E-state index in [2.05, 4.69) is 43.3 Å². The number of fused-ring (bicyclic) bond motifs is 3. The molecule has 2 aromatic carbocycles. The maximum Gasteiger partial charge on any atom is 0.147 e. The van der Waals surface area contributed by atoms with Gasteiger partial charge in [0.1, 0.15) is 5.78 Å². The number of Topliss-reactive ketones (excluding diaryl/α,β-unsaturated/α-hetero) is 1. The van der Waals surface area contributed by atoms with Crippen LogP contribution in [0.2, 0.25) is 0 Å². The van der Waals surface area contributed by atoms with Crippen molar-refractivity contribution in [3.63, 3.8) is 0 Å². The van der Waals surface area contributed by atoms with Crippen LogP contribution in [-0.4, -0.2) is 17.5 Å². The van der Waals surface area contributed by atoms with Crippen molar-refractivity contribution in [1.29, 1.82) is 0 Å². The van der Waals surface area contributed by atoms with Crippen LogP contribution < -0.4 is 0 Å². The standard InChI is InChI=1S/C22H26O2/c1-2-3-14-21(24)22(15-8-9-16-23)19-12-6-4-10-17(19)18-11-5-7-13-20(18)22/h4-7,10-13,23H,2-3,8-9,14-16H2,1H3. The molecule has 0 spiro atoms. The second kappa shape index (κ2) is 7.31. The fourth-order valence-electron chi connectivity index (χ4n) is 4.09. The van der Waals surface area contributed by atoms with Gasteiger partial charge >= 0.3 is 0 Å². The van der Waals surface area contributed by atoms with Gasteiger partial charge in [0.05, 0.1) is 5.41 Å². The summed E-state index contributed by atoms with van der Waals surface area (Å²) < 4.78 is 0. The molecule has 0 saturated heterocycles. The van der Waals surface area contributed by atoms with E-state index < -0.39 is 5.41 Å². The Hall–Kier alpha value is -1.93. The Labute approximate surface area is 144 Å². The Morgan fingerprint density at radius 2 is 1.50 bits per heavy atom. The smallest absolute Gasteiger partial charge is 0.147 e. The monoisotopic (exact) mass is 322 g/mol. The van der Waals surface area contributed by atoms with Crippen LogP contribution in [0.15, 0.2) is 48.5 Å². The number of hydrogen-bond donors (Lipinski definition) is 1. The topological polar surface area (TPSA) is 37.3 Å². The van der Waals surface area contributed by atoms with Crippen molar-refractivity contribution in [3.05, 3.63) is 59.7 Å². The molecule has 126 valence electrons. The van der Waals surface area contributed by atoms with Gasteiger partial charge in [-0.2, -0.15) is 0 Å². The molecule has 0 aromatic heterocycles. The third kappa shape index (κ3) is 2.69. The first-order valence-electron chi connectivity index (χ1n) is 9.09. The Kier molecular flexibility index (Phi) is 5.15. The fraction of sp³-hybridized carbons (Fsp3) is 0.409. The number of hydrogen-bond acceptors (Lipinski definition) is 2. The lowest BCUT2D eigenvalue weighted by Gasteiger charge is -2.31. The fourth-order valence-corrected chi connectivity index (χ4v) is 4.09. The van der Waals surface area contributed by atoms with Gasteiger partial charge in [-0.05, 0) is 47.9 Å². The van der Waals surface area contributed by atoms with Crippen LogP contribution in [0.3, 0.4) is 0 Å². The highest BCUT2D eigenvalue weighted by atomic mass is 16.2. The van der Waals surface area contributed by atoms with Crippen molar-refractivity contribution < 1.29 is 9.90 Å². The second-order valence-corrected chi connectivity index (χ2v) is 6.70. The van der Waals surface area contributed by atoms with Gasteiger partial charge in [0.2, 0.25) is 0 Å². The van der Waals surface area contributed by atoms with E-state index in [1.54, 1.807) is 0 Å². The minimum atomic E-state index is -0.530. The van der Waals surface area contributed by atoms with Crippen LogP contribution in [0.5, 0.6) is 0 Å². The molecule has 2 heteroatoms. The van der Waals surface area contributed by atoms with E-state index in [1.807, 2.05) is 12.1 Å². The third-order valence-corrected chi connectivity index (χ3v) is 5.26. The molecule has 1 aliphatic rings. The Morgan fingerprint density at radius 1 is 0.917 bits per heavy atom. The zero-order valence-electron chi connectivity index (χ0n) is 14.4. The van der Waals surface area contributed by atoms with Crippen molar-refractivity contribution in [1.82, 2.24) is 0 Å². The van der Waals surface area contributed by atoms with Gasteiger partial charge in [0.15, 0.2) is 0 Å². The number of unbranched alkanes of at least 4 members (excludes halogenated alkanes) is 2. The zero-order valence-corrected chi connectivity index (χ0v) is 14.4. The summed E-state index contributed by atoms with van der Waals surface area (Å²) in [6.07, 6.45) is 4.97. The molecule has 2 aromatic rings. The average Bonchev–Trinajstić information content (AvgIpc) is 2.92. The molecule has 24 heavy (non-hydrogen) atoms. The van der Waals surface area contributed by atoms with Crippen molar-refractivity contribution >= 4 is 5.78 Å². The van der Waals surface area contributed by atoms with E-state index >= 15 is 0 Å². The quantitative estimate of drug-likeness (QED) is 0.704. The van der Waals surface area contributed by atoms with Crippen LogP contribution in [0.25, 0.3) is 11.1 Å². The Bertz CT molecular complexity index is 672. The molecule has 0 aliphatic heterocycles. The van der Waals surface area contributed by atoms with Gasteiger partial charge in [0.25, 0.3) is 0 Å². The lowest BCUT2D eigenvalue weighted by Crippen LogP contribution is -2.35. The SMILES string of the molecule is CCCCC(=O)C1(CCCCO)c2ccccc2-c2ccccc21. The first-order chi connectivity index (χ1) is 11.8. The summed E-state index contributed by atoms with van der Waals surface area (Å²) in [4.78, 5) is 13.4. The van der Waals surface area contributed by atoms with Crippen LogP contribution in [0.1, 0.15) is 56.6 Å². The summed E-state index contributed by atoms with van der Waals surface area (Å²) in [5.74, 6) is 0.333. The molecule has 0 bridgehead atoms. The van der Waals surface area contributed by atoms with E-state index in [0.717, 1.165) is 43.2 Å². The molecule has 0 heterocycles. The molecule has 0 atom stereocenters. The van der Waals surface area contributed by atoms with E-state index in [4.69, 9.17) is 0 Å².